The number of likely N-dealkylation sites (tertiary alicyclic amines) is 1. The predicted molar refractivity (Wildman–Crippen MR) is 123 cm³/mol. The first-order valence-electron chi connectivity index (χ1n) is 11.2. The Labute approximate surface area is 198 Å². The molecule has 0 saturated carbocycles. The Morgan fingerprint density at radius 3 is 2.15 bits per heavy atom. The van der Waals surface area contributed by atoms with Crippen LogP contribution in [0.5, 0.6) is 0 Å². The van der Waals surface area contributed by atoms with Crippen molar-refractivity contribution in [2.45, 2.75) is 45.1 Å². The van der Waals surface area contributed by atoms with Gasteiger partial charge in [0.05, 0.1) is 0 Å². The van der Waals surface area contributed by atoms with Gasteiger partial charge in [0.15, 0.2) is 0 Å². The molecule has 0 bridgehead atoms. The van der Waals surface area contributed by atoms with Crippen molar-refractivity contribution in [1.82, 2.24) is 15.5 Å². The minimum absolute atomic E-state index is 0.0911. The number of rotatable bonds is 9. The van der Waals surface area contributed by atoms with E-state index in [2.05, 4.69) is 10.6 Å². The van der Waals surface area contributed by atoms with Crippen molar-refractivity contribution >= 4 is 23.9 Å². The molecule has 1 fully saturated rings. The number of carbonyl (C=O) groups is 4. The van der Waals surface area contributed by atoms with Gasteiger partial charge in [-0.3, -0.25) is 9.59 Å². The lowest BCUT2D eigenvalue weighted by atomic mass is 10.2. The third-order valence-electron chi connectivity index (χ3n) is 5.41. The van der Waals surface area contributed by atoms with Gasteiger partial charge in [0.25, 0.3) is 0 Å². The fraction of sp³-hybridized carbons (Fsp3) is 0.360. The maximum Gasteiger partial charge on any atom is 0.407 e. The number of hydrogen-bond acceptors (Lipinski definition) is 6. The molecule has 1 aliphatic heterocycles. The maximum atomic E-state index is 12.7. The number of ether oxygens (including phenoxy) is 2. The monoisotopic (exact) mass is 467 g/mol. The van der Waals surface area contributed by atoms with E-state index in [-0.39, 0.29) is 19.8 Å². The van der Waals surface area contributed by atoms with Gasteiger partial charge in [-0.05, 0) is 30.9 Å². The molecular weight excluding hydrogens is 438 g/mol. The highest BCUT2D eigenvalue weighted by molar-refractivity contribution is 5.92. The molecule has 2 aromatic carbocycles. The zero-order chi connectivity index (χ0) is 24.3. The van der Waals surface area contributed by atoms with Crippen molar-refractivity contribution in [2.75, 3.05) is 13.1 Å². The zero-order valence-corrected chi connectivity index (χ0v) is 19.1. The summed E-state index contributed by atoms with van der Waals surface area (Å²) in [6.07, 6.45) is 0.406. The average molecular weight is 468 g/mol. The molecule has 0 aliphatic carbocycles. The Hall–Kier alpha value is -3.88. The van der Waals surface area contributed by atoms with E-state index in [9.17, 15) is 19.2 Å². The van der Waals surface area contributed by atoms with Gasteiger partial charge in [-0.25, -0.2) is 9.59 Å². The number of hydrogen-bond donors (Lipinski definition) is 2. The Morgan fingerprint density at radius 1 is 0.941 bits per heavy atom. The normalized spacial score (nSPS) is 15.8. The van der Waals surface area contributed by atoms with E-state index in [1.807, 2.05) is 60.7 Å². The van der Waals surface area contributed by atoms with Crippen molar-refractivity contribution < 1.29 is 28.7 Å². The van der Waals surface area contributed by atoms with Crippen LogP contribution in [0.1, 0.15) is 30.9 Å². The van der Waals surface area contributed by atoms with Crippen LogP contribution in [0.25, 0.3) is 0 Å². The Morgan fingerprint density at radius 2 is 1.53 bits per heavy atom. The number of nitrogens with one attached hydrogen (secondary N) is 2. The maximum absolute atomic E-state index is 12.7. The molecule has 9 heteroatoms. The van der Waals surface area contributed by atoms with Gasteiger partial charge >= 0.3 is 12.1 Å². The van der Waals surface area contributed by atoms with Crippen LogP contribution in [-0.4, -0.2) is 54.0 Å². The molecular formula is C25H29N3O6. The van der Waals surface area contributed by atoms with E-state index in [1.165, 1.54) is 11.8 Å². The summed E-state index contributed by atoms with van der Waals surface area (Å²) in [5.74, 6) is -1.38. The SMILES string of the molecule is CC(NC(=O)C1CCCN1C(=O)CNC(=O)OCc1ccccc1)C(=O)OCc1ccccc1. The van der Waals surface area contributed by atoms with E-state index >= 15 is 0 Å². The third kappa shape index (κ3) is 7.33. The molecule has 1 aliphatic rings. The average Bonchev–Trinajstić information content (AvgIpc) is 3.36. The van der Waals surface area contributed by atoms with Crippen molar-refractivity contribution in [3.05, 3.63) is 71.8 Å². The van der Waals surface area contributed by atoms with Crippen LogP contribution in [0.15, 0.2) is 60.7 Å². The topological polar surface area (TPSA) is 114 Å². The zero-order valence-electron chi connectivity index (χ0n) is 19.1. The molecule has 0 aromatic heterocycles. The number of alkyl carbamates (subject to hydrolysis) is 1. The largest absolute Gasteiger partial charge is 0.459 e. The summed E-state index contributed by atoms with van der Waals surface area (Å²) in [6, 6.07) is 16.8. The standard InChI is InChI=1S/C25H29N3O6/c1-18(24(31)33-16-19-9-4-2-5-10-19)27-23(30)21-13-8-14-28(21)22(29)15-26-25(32)34-17-20-11-6-3-7-12-20/h2-7,9-12,18,21H,8,13-17H2,1H3,(H,26,32)(H,27,30). The second kappa shape index (κ2) is 12.4. The second-order valence-electron chi connectivity index (χ2n) is 7.98. The molecule has 9 nitrogen and oxygen atoms in total. The van der Waals surface area contributed by atoms with Crippen LogP contribution in [0.3, 0.4) is 0 Å². The number of benzene rings is 2. The summed E-state index contributed by atoms with van der Waals surface area (Å²) >= 11 is 0. The summed E-state index contributed by atoms with van der Waals surface area (Å²) in [5.41, 5.74) is 1.67. The molecule has 0 radical (unpaired) electrons. The molecule has 0 spiro atoms. The molecule has 2 aromatic rings. The lowest BCUT2D eigenvalue weighted by Crippen LogP contribution is -2.52. The van der Waals surface area contributed by atoms with Gasteiger partial charge < -0.3 is 25.0 Å². The number of nitrogens with zero attached hydrogens (tertiary/aromatic N) is 1. The van der Waals surface area contributed by atoms with Gasteiger partial charge in [-0.1, -0.05) is 60.7 Å². The summed E-state index contributed by atoms with van der Waals surface area (Å²) in [4.78, 5) is 50.9. The van der Waals surface area contributed by atoms with Crippen molar-refractivity contribution in [1.29, 1.82) is 0 Å². The van der Waals surface area contributed by atoms with E-state index < -0.39 is 36.0 Å². The van der Waals surface area contributed by atoms with Gasteiger partial charge in [0, 0.05) is 6.54 Å². The summed E-state index contributed by atoms with van der Waals surface area (Å²) in [6.45, 7) is 1.85. The molecule has 2 N–H and O–H groups in total. The second-order valence-corrected chi connectivity index (χ2v) is 7.98. The number of carbonyl (C=O) groups excluding carboxylic acids is 4. The van der Waals surface area contributed by atoms with Gasteiger partial charge in [-0.2, -0.15) is 0 Å². The van der Waals surface area contributed by atoms with E-state index in [0.717, 1.165) is 11.1 Å². The van der Waals surface area contributed by atoms with Crippen LogP contribution in [0, 0.1) is 0 Å². The quantitative estimate of drug-likeness (QED) is 0.547. The summed E-state index contributed by atoms with van der Waals surface area (Å²) in [7, 11) is 0. The smallest absolute Gasteiger partial charge is 0.407 e. The van der Waals surface area contributed by atoms with E-state index in [0.29, 0.717) is 19.4 Å². The molecule has 3 rings (SSSR count). The third-order valence-corrected chi connectivity index (χ3v) is 5.41. The highest BCUT2D eigenvalue weighted by atomic mass is 16.5. The minimum atomic E-state index is -0.861. The van der Waals surface area contributed by atoms with Crippen LogP contribution >= 0.6 is 0 Å². The molecule has 2 atom stereocenters. The first-order valence-corrected chi connectivity index (χ1v) is 11.2. The first-order chi connectivity index (χ1) is 16.4. The fourth-order valence-corrected chi connectivity index (χ4v) is 3.58. The number of amides is 3. The molecule has 180 valence electrons. The van der Waals surface area contributed by atoms with Gasteiger partial charge in [0.1, 0.15) is 31.8 Å². The van der Waals surface area contributed by atoms with E-state index in [4.69, 9.17) is 9.47 Å². The van der Waals surface area contributed by atoms with Gasteiger partial charge in [-0.15, -0.1) is 0 Å². The molecule has 2 unspecified atom stereocenters. The Bertz CT molecular complexity index is 983. The predicted octanol–water partition coefficient (Wildman–Crippen LogP) is 2.15. The molecule has 1 heterocycles. The van der Waals surface area contributed by atoms with Gasteiger partial charge in [0.2, 0.25) is 11.8 Å². The summed E-state index contributed by atoms with van der Waals surface area (Å²) in [5, 5.41) is 5.05. The highest BCUT2D eigenvalue weighted by Gasteiger charge is 2.35. The van der Waals surface area contributed by atoms with Crippen LogP contribution in [-0.2, 0) is 37.1 Å². The van der Waals surface area contributed by atoms with Crippen LogP contribution in [0.4, 0.5) is 4.79 Å². The molecule has 34 heavy (non-hydrogen) atoms. The highest BCUT2D eigenvalue weighted by Crippen LogP contribution is 2.17. The van der Waals surface area contributed by atoms with E-state index in [1.54, 1.807) is 0 Å². The van der Waals surface area contributed by atoms with Crippen LogP contribution in [0.2, 0.25) is 0 Å². The lowest BCUT2D eigenvalue weighted by Gasteiger charge is -2.25. The molecule has 3 amide bonds. The minimum Gasteiger partial charge on any atom is -0.459 e. The fourth-order valence-electron chi connectivity index (χ4n) is 3.58. The molecule has 1 saturated heterocycles. The van der Waals surface area contributed by atoms with Crippen molar-refractivity contribution in [3.63, 3.8) is 0 Å². The van der Waals surface area contributed by atoms with Crippen molar-refractivity contribution in [3.8, 4) is 0 Å². The van der Waals surface area contributed by atoms with Crippen molar-refractivity contribution in [2.24, 2.45) is 0 Å². The Kier molecular flexibility index (Phi) is 9.02. The van der Waals surface area contributed by atoms with Crippen LogP contribution < -0.4 is 10.6 Å². The lowest BCUT2D eigenvalue weighted by molar-refractivity contribution is -0.149. The Balaban J connectivity index is 1.42. The summed E-state index contributed by atoms with van der Waals surface area (Å²) < 4.78 is 10.3. The number of esters is 1. The first kappa shape index (κ1) is 24.8.